The van der Waals surface area contributed by atoms with Crippen LogP contribution < -0.4 is 4.74 Å². The first-order chi connectivity index (χ1) is 13.1. The molecule has 0 atom stereocenters. The summed E-state index contributed by atoms with van der Waals surface area (Å²) < 4.78 is 19.5. The number of hydrogen-bond donors (Lipinski definition) is 1. The maximum absolute atomic E-state index is 13.6. The summed E-state index contributed by atoms with van der Waals surface area (Å²) in [4.78, 5) is 14.2. The average molecular weight is 382 g/mol. The number of aromatic amines is 1. The fourth-order valence-corrected chi connectivity index (χ4v) is 3.53. The van der Waals surface area contributed by atoms with Gasteiger partial charge in [0, 0.05) is 55.3 Å². The Labute approximate surface area is 161 Å². The number of nitrogens with zero attached hydrogens (tertiary/aromatic N) is 3. The number of nitrogens with one attached hydrogen (secondary N) is 1. The Hall–Kier alpha value is -2.64. The topological polar surface area (TPSA) is 54.0 Å². The van der Waals surface area contributed by atoms with Crippen molar-refractivity contribution in [3.05, 3.63) is 70.1 Å². The van der Waals surface area contributed by atoms with Gasteiger partial charge in [0.25, 0.3) is 0 Å². The van der Waals surface area contributed by atoms with E-state index in [1.807, 2.05) is 24.5 Å². The predicted molar refractivity (Wildman–Crippen MR) is 103 cm³/mol. The van der Waals surface area contributed by atoms with Gasteiger partial charge in [-0.05, 0) is 42.0 Å². The molecule has 1 aliphatic rings. The molecule has 1 aromatic carbocycles. The van der Waals surface area contributed by atoms with Gasteiger partial charge < -0.3 is 9.72 Å². The van der Waals surface area contributed by atoms with E-state index in [1.165, 1.54) is 23.4 Å². The maximum Gasteiger partial charge on any atom is 0.196 e. The predicted octanol–water partition coefficient (Wildman–Crippen LogP) is 3.91. The molecule has 7 heteroatoms. The molecule has 3 heterocycles. The van der Waals surface area contributed by atoms with Crippen molar-refractivity contribution in [3.8, 4) is 17.0 Å². The fourth-order valence-electron chi connectivity index (χ4n) is 3.36. The molecule has 27 heavy (non-hydrogen) atoms. The highest BCUT2D eigenvalue weighted by Crippen LogP contribution is 2.29. The number of fused-ring (bicyclic) bond motifs is 1. The van der Waals surface area contributed by atoms with Crippen LogP contribution in [0.5, 0.6) is 5.75 Å². The smallest absolute Gasteiger partial charge is 0.196 e. The summed E-state index contributed by atoms with van der Waals surface area (Å²) in [6.45, 7) is 2.57. The third-order valence-corrected chi connectivity index (χ3v) is 4.93. The van der Waals surface area contributed by atoms with Crippen LogP contribution in [-0.4, -0.2) is 33.5 Å². The molecule has 0 saturated heterocycles. The summed E-state index contributed by atoms with van der Waals surface area (Å²) in [5.74, 6) is 0.297. The van der Waals surface area contributed by atoms with E-state index in [4.69, 9.17) is 17.0 Å². The van der Waals surface area contributed by atoms with Crippen molar-refractivity contribution in [2.45, 2.75) is 19.5 Å². The van der Waals surface area contributed by atoms with Crippen molar-refractivity contribution in [3.63, 3.8) is 0 Å². The van der Waals surface area contributed by atoms with E-state index in [2.05, 4.69) is 19.9 Å². The summed E-state index contributed by atoms with van der Waals surface area (Å²) in [6, 6.07) is 8.37. The Bertz CT molecular complexity index is 1020. The maximum atomic E-state index is 13.6. The zero-order valence-corrected chi connectivity index (χ0v) is 15.7. The van der Waals surface area contributed by atoms with Gasteiger partial charge in [-0.25, -0.2) is 9.37 Å². The molecule has 3 aromatic rings. The largest absolute Gasteiger partial charge is 0.496 e. The minimum atomic E-state index is -0.309. The van der Waals surface area contributed by atoms with Gasteiger partial charge in [-0.3, -0.25) is 9.88 Å². The second kappa shape index (κ2) is 7.54. The molecule has 138 valence electrons. The van der Waals surface area contributed by atoms with Crippen molar-refractivity contribution < 1.29 is 9.13 Å². The van der Waals surface area contributed by atoms with Gasteiger partial charge in [-0.1, -0.05) is 6.07 Å². The first-order valence-electron chi connectivity index (χ1n) is 8.70. The summed E-state index contributed by atoms with van der Waals surface area (Å²) >= 11 is 5.09. The summed E-state index contributed by atoms with van der Waals surface area (Å²) in [7, 11) is 1.57. The van der Waals surface area contributed by atoms with Crippen LogP contribution in [0.4, 0.5) is 4.39 Å². The van der Waals surface area contributed by atoms with Gasteiger partial charge >= 0.3 is 0 Å². The van der Waals surface area contributed by atoms with Crippen molar-refractivity contribution in [1.29, 1.82) is 0 Å². The van der Waals surface area contributed by atoms with E-state index in [-0.39, 0.29) is 5.82 Å². The van der Waals surface area contributed by atoms with E-state index in [9.17, 15) is 4.39 Å². The molecular formula is C20H19FN4OS. The van der Waals surface area contributed by atoms with Crippen molar-refractivity contribution in [1.82, 2.24) is 19.9 Å². The SMILES string of the molecule is COc1ccc(F)cc1-c1ccc(CN2CCc3[nH]c(=S)ncc3C2)cn1. The number of ether oxygens (including phenoxy) is 1. The Morgan fingerprint density at radius 3 is 2.89 bits per heavy atom. The van der Waals surface area contributed by atoms with Crippen molar-refractivity contribution in [2.24, 2.45) is 0 Å². The number of aromatic nitrogens is 3. The lowest BCUT2D eigenvalue weighted by atomic mass is 10.1. The highest BCUT2D eigenvalue weighted by Gasteiger charge is 2.17. The normalized spacial score (nSPS) is 14.0. The van der Waals surface area contributed by atoms with Crippen molar-refractivity contribution >= 4 is 12.2 Å². The molecule has 0 aliphatic carbocycles. The Morgan fingerprint density at radius 1 is 1.22 bits per heavy atom. The molecule has 1 aliphatic heterocycles. The highest BCUT2D eigenvalue weighted by atomic mass is 32.1. The van der Waals surface area contributed by atoms with Gasteiger partial charge in [-0.2, -0.15) is 0 Å². The molecule has 0 saturated carbocycles. The average Bonchev–Trinajstić information content (AvgIpc) is 2.69. The third-order valence-electron chi connectivity index (χ3n) is 4.72. The van der Waals surface area contributed by atoms with Crippen LogP contribution in [0.3, 0.4) is 0 Å². The summed E-state index contributed by atoms with van der Waals surface area (Å²) in [5, 5.41) is 0. The van der Waals surface area contributed by atoms with E-state index in [0.29, 0.717) is 21.8 Å². The van der Waals surface area contributed by atoms with E-state index < -0.39 is 0 Å². The monoisotopic (exact) mass is 382 g/mol. The Kier molecular flexibility index (Phi) is 4.96. The molecule has 0 amide bonds. The minimum absolute atomic E-state index is 0.309. The molecule has 4 rings (SSSR count). The Balaban J connectivity index is 1.50. The number of rotatable bonds is 4. The quantitative estimate of drug-likeness (QED) is 0.694. The van der Waals surface area contributed by atoms with E-state index in [0.717, 1.165) is 31.6 Å². The molecule has 0 radical (unpaired) electrons. The van der Waals surface area contributed by atoms with Gasteiger partial charge in [0.15, 0.2) is 4.77 Å². The third kappa shape index (κ3) is 3.89. The number of methoxy groups -OCH3 is 1. The van der Waals surface area contributed by atoms with Gasteiger partial charge in [0.05, 0.1) is 12.8 Å². The molecule has 2 aromatic heterocycles. The fraction of sp³-hybridized carbons (Fsp3) is 0.250. The molecule has 1 N–H and O–H groups in total. The lowest BCUT2D eigenvalue weighted by molar-refractivity contribution is 0.242. The molecule has 5 nitrogen and oxygen atoms in total. The van der Waals surface area contributed by atoms with Crippen LogP contribution in [0.2, 0.25) is 0 Å². The second-order valence-corrected chi connectivity index (χ2v) is 6.94. The van der Waals surface area contributed by atoms with Crippen LogP contribution >= 0.6 is 12.2 Å². The van der Waals surface area contributed by atoms with Gasteiger partial charge in [-0.15, -0.1) is 0 Å². The lowest BCUT2D eigenvalue weighted by Gasteiger charge is -2.28. The van der Waals surface area contributed by atoms with Crippen LogP contribution in [0.15, 0.2) is 42.7 Å². The summed E-state index contributed by atoms with van der Waals surface area (Å²) in [6.07, 6.45) is 4.62. The van der Waals surface area contributed by atoms with Crippen LogP contribution in [0.1, 0.15) is 16.8 Å². The number of pyridine rings is 1. The molecule has 0 bridgehead atoms. The van der Waals surface area contributed by atoms with Crippen molar-refractivity contribution in [2.75, 3.05) is 13.7 Å². The van der Waals surface area contributed by atoms with E-state index in [1.54, 1.807) is 13.2 Å². The van der Waals surface area contributed by atoms with Gasteiger partial charge in [0.2, 0.25) is 0 Å². The number of H-pyrrole nitrogens is 1. The second-order valence-electron chi connectivity index (χ2n) is 6.55. The standard InChI is InChI=1S/C20H19FN4OS/c1-26-19-5-3-15(21)8-16(19)18-4-2-13(9-22-18)11-25-7-6-17-14(12-25)10-23-20(27)24-17/h2-5,8-10H,6-7,11-12H2,1H3,(H,23,24,27). The van der Waals surface area contributed by atoms with E-state index >= 15 is 0 Å². The molecule has 0 spiro atoms. The number of benzene rings is 1. The lowest BCUT2D eigenvalue weighted by Crippen LogP contribution is -2.30. The molecule has 0 fully saturated rings. The molecule has 0 unspecified atom stereocenters. The van der Waals surface area contributed by atoms with Crippen LogP contribution in [0.25, 0.3) is 11.3 Å². The Morgan fingerprint density at radius 2 is 2.11 bits per heavy atom. The summed E-state index contributed by atoms with van der Waals surface area (Å²) in [5.41, 5.74) is 4.81. The zero-order valence-electron chi connectivity index (χ0n) is 14.9. The van der Waals surface area contributed by atoms with Crippen LogP contribution in [-0.2, 0) is 19.5 Å². The van der Waals surface area contributed by atoms with Gasteiger partial charge in [0.1, 0.15) is 11.6 Å². The first-order valence-corrected chi connectivity index (χ1v) is 9.11. The number of halogens is 1. The zero-order chi connectivity index (χ0) is 18.8. The number of hydrogen-bond acceptors (Lipinski definition) is 5. The highest BCUT2D eigenvalue weighted by molar-refractivity contribution is 7.71. The minimum Gasteiger partial charge on any atom is -0.496 e. The first kappa shape index (κ1) is 17.8. The molecular weight excluding hydrogens is 363 g/mol. The van der Waals surface area contributed by atoms with Crippen LogP contribution in [0, 0.1) is 10.6 Å².